The Morgan fingerprint density at radius 2 is 2.62 bits per heavy atom. The maximum atomic E-state index is 5.58. The molecule has 0 amide bonds. The minimum atomic E-state index is 0.578. The molecule has 0 spiro atoms. The van der Waals surface area contributed by atoms with Gasteiger partial charge < -0.3 is 0 Å². The average molecular weight is 185 g/mol. The molecule has 1 rings (SSSR count). The molecule has 8 heavy (non-hydrogen) atoms. The van der Waals surface area contributed by atoms with Gasteiger partial charge in [-0.1, -0.05) is 12.2 Å². The number of thiocarbonyl (C=S) groups is 1. The quantitative estimate of drug-likeness (QED) is 0.454. The lowest BCUT2D eigenvalue weighted by Gasteiger charge is -1.95. The van der Waals surface area contributed by atoms with E-state index >= 15 is 0 Å². The Kier molecular flexibility index (Phi) is 2.97. The number of hydrogen-bond acceptors (Lipinski definition) is 3. The van der Waals surface area contributed by atoms with Crippen LogP contribution in [0.15, 0.2) is 0 Å². The van der Waals surface area contributed by atoms with Crippen molar-refractivity contribution in [2.24, 2.45) is 0 Å². The molecule has 0 aromatic carbocycles. The molecule has 0 aromatic heterocycles. The zero-order chi connectivity index (χ0) is 5.98. The molecule has 0 aromatic rings. The molecule has 0 radical (unpaired) electrons. The van der Waals surface area contributed by atoms with Crippen molar-refractivity contribution in [2.75, 3.05) is 11.6 Å². The molecule has 46 valence electrons. The third-order valence-electron chi connectivity index (χ3n) is 0.822. The molecular weight excluding hydrogens is 180 g/mol. The van der Waals surface area contributed by atoms with Crippen LogP contribution in [0.3, 0.4) is 0 Å². The minimum Gasteiger partial charge on any atom is -0.125 e. The van der Waals surface area contributed by atoms with E-state index in [2.05, 4.69) is 0 Å². The Labute approximate surface area is 67.7 Å². The van der Waals surface area contributed by atoms with Crippen molar-refractivity contribution in [2.45, 2.75) is 5.25 Å². The third-order valence-corrected chi connectivity index (χ3v) is 4.54. The highest BCUT2D eigenvalue weighted by Crippen LogP contribution is 2.33. The van der Waals surface area contributed by atoms with Gasteiger partial charge in [-0.3, -0.25) is 0 Å². The summed E-state index contributed by atoms with van der Waals surface area (Å²) in [7, 11) is 0. The van der Waals surface area contributed by atoms with Crippen LogP contribution in [0.4, 0.5) is 0 Å². The summed E-state index contributed by atoms with van der Waals surface area (Å²) < 4.78 is 1.05. The van der Waals surface area contributed by atoms with Crippen molar-refractivity contribution in [3.05, 3.63) is 0 Å². The molecule has 0 saturated carbocycles. The van der Waals surface area contributed by atoms with E-state index in [1.165, 1.54) is 0 Å². The average Bonchev–Trinajstić information content (AvgIpc) is 2.14. The van der Waals surface area contributed by atoms with E-state index in [0.717, 1.165) is 15.2 Å². The molecule has 1 atom stereocenters. The van der Waals surface area contributed by atoms with Crippen LogP contribution in [0.2, 0.25) is 0 Å². The Hall–Kier alpha value is 1.08. The molecule has 1 fully saturated rings. The number of hydrogen-bond donors (Lipinski definition) is 0. The topological polar surface area (TPSA) is 0 Å². The molecule has 0 nitrogen and oxygen atoms in total. The third kappa shape index (κ3) is 1.79. The van der Waals surface area contributed by atoms with E-state index in [-0.39, 0.29) is 0 Å². The van der Waals surface area contributed by atoms with Gasteiger partial charge >= 0.3 is 0 Å². The van der Waals surface area contributed by atoms with Crippen LogP contribution in [0, 0.1) is 0 Å². The van der Waals surface area contributed by atoms with E-state index in [1.54, 1.807) is 23.5 Å². The second-order valence-electron chi connectivity index (χ2n) is 1.46. The molecule has 4 heteroatoms. The smallest absolute Gasteiger partial charge is 0.104 e. The molecule has 1 aliphatic heterocycles. The van der Waals surface area contributed by atoms with Crippen LogP contribution in [-0.2, 0) is 0 Å². The van der Waals surface area contributed by atoms with Crippen LogP contribution >= 0.6 is 47.3 Å². The Morgan fingerprint density at radius 1 is 1.88 bits per heavy atom. The van der Waals surface area contributed by atoms with Gasteiger partial charge in [-0.15, -0.1) is 35.1 Å². The minimum absolute atomic E-state index is 0.578. The molecular formula is C4H5ClS3. The highest BCUT2D eigenvalue weighted by atomic mass is 35.5. The van der Waals surface area contributed by atoms with Gasteiger partial charge in [0.1, 0.15) is 3.53 Å². The molecule has 1 aliphatic rings. The van der Waals surface area contributed by atoms with Gasteiger partial charge in [-0.25, -0.2) is 0 Å². The first-order valence-corrected chi connectivity index (χ1v) is 5.03. The second kappa shape index (κ2) is 3.30. The maximum absolute atomic E-state index is 5.58. The van der Waals surface area contributed by atoms with Crippen LogP contribution in [0.1, 0.15) is 0 Å². The number of rotatable bonds is 1. The normalized spacial score (nSPS) is 29.1. The van der Waals surface area contributed by atoms with Gasteiger partial charge in [0, 0.05) is 16.9 Å². The summed E-state index contributed by atoms with van der Waals surface area (Å²) >= 11 is 14.0. The zero-order valence-corrected chi connectivity index (χ0v) is 7.30. The summed E-state index contributed by atoms with van der Waals surface area (Å²) in [6, 6.07) is 0. The summed E-state index contributed by atoms with van der Waals surface area (Å²) in [5.74, 6) is 1.84. The molecule has 1 saturated heterocycles. The summed E-state index contributed by atoms with van der Waals surface area (Å²) in [6.45, 7) is 0. The summed E-state index contributed by atoms with van der Waals surface area (Å²) in [4.78, 5) is 0. The van der Waals surface area contributed by atoms with E-state index in [4.69, 9.17) is 23.8 Å². The van der Waals surface area contributed by atoms with Crippen LogP contribution in [0.25, 0.3) is 0 Å². The van der Waals surface area contributed by atoms with Crippen molar-refractivity contribution < 1.29 is 0 Å². The highest BCUT2D eigenvalue weighted by molar-refractivity contribution is 8.49. The summed E-state index contributed by atoms with van der Waals surface area (Å²) in [5, 5.41) is 0.578. The Morgan fingerprint density at radius 3 is 2.88 bits per heavy atom. The summed E-state index contributed by atoms with van der Waals surface area (Å²) in [6.07, 6.45) is 0. The SMILES string of the molecule is S=C1SC[C@@H](CCl)S1. The van der Waals surface area contributed by atoms with Gasteiger partial charge in [0.25, 0.3) is 0 Å². The van der Waals surface area contributed by atoms with Crippen molar-refractivity contribution in [1.29, 1.82) is 0 Å². The summed E-state index contributed by atoms with van der Waals surface area (Å²) in [5.41, 5.74) is 0. The highest BCUT2D eigenvalue weighted by Gasteiger charge is 2.19. The van der Waals surface area contributed by atoms with Crippen LogP contribution in [0.5, 0.6) is 0 Å². The van der Waals surface area contributed by atoms with Gasteiger partial charge in [0.05, 0.1) is 0 Å². The van der Waals surface area contributed by atoms with Crippen LogP contribution < -0.4 is 0 Å². The lowest BCUT2D eigenvalue weighted by Crippen LogP contribution is -2.00. The van der Waals surface area contributed by atoms with Crippen molar-refractivity contribution in [3.8, 4) is 0 Å². The van der Waals surface area contributed by atoms with Gasteiger partial charge in [-0.2, -0.15) is 0 Å². The fraction of sp³-hybridized carbons (Fsp3) is 0.750. The van der Waals surface area contributed by atoms with E-state index in [1.807, 2.05) is 0 Å². The molecule has 1 heterocycles. The Balaban J connectivity index is 2.32. The monoisotopic (exact) mass is 184 g/mol. The van der Waals surface area contributed by atoms with Crippen molar-refractivity contribution in [3.63, 3.8) is 0 Å². The standard InChI is InChI=1S/C4H5ClS3/c5-1-3-2-7-4(6)8-3/h3H,1-2H2/t3-/m1/s1. The lowest BCUT2D eigenvalue weighted by atomic mass is 10.6. The number of alkyl halides is 1. The predicted octanol–water partition coefficient (Wildman–Crippen LogP) is 2.36. The van der Waals surface area contributed by atoms with Crippen molar-refractivity contribution >= 4 is 50.9 Å². The number of halogens is 1. The van der Waals surface area contributed by atoms with Gasteiger partial charge in [-0.05, 0) is 0 Å². The zero-order valence-electron chi connectivity index (χ0n) is 4.09. The molecule has 0 aliphatic carbocycles. The molecule has 0 unspecified atom stereocenters. The van der Waals surface area contributed by atoms with E-state index in [9.17, 15) is 0 Å². The van der Waals surface area contributed by atoms with Crippen LogP contribution in [-0.4, -0.2) is 20.4 Å². The van der Waals surface area contributed by atoms with Crippen molar-refractivity contribution in [1.82, 2.24) is 0 Å². The first-order chi connectivity index (χ1) is 3.83. The largest absolute Gasteiger partial charge is 0.125 e. The van der Waals surface area contributed by atoms with E-state index in [0.29, 0.717) is 5.25 Å². The second-order valence-corrected chi connectivity index (χ2v) is 5.29. The first-order valence-electron chi connectivity index (χ1n) is 2.22. The van der Waals surface area contributed by atoms with Gasteiger partial charge in [0.2, 0.25) is 0 Å². The fourth-order valence-electron chi connectivity index (χ4n) is 0.441. The first kappa shape index (κ1) is 7.19. The molecule has 0 bridgehead atoms. The molecule has 0 N–H and O–H groups in total. The fourth-order valence-corrected chi connectivity index (χ4v) is 3.62. The number of thioether (sulfide) groups is 2. The Bertz CT molecular complexity index is 103. The van der Waals surface area contributed by atoms with E-state index < -0.39 is 0 Å². The maximum Gasteiger partial charge on any atom is 0.104 e. The lowest BCUT2D eigenvalue weighted by molar-refractivity contribution is 1.16. The van der Waals surface area contributed by atoms with Gasteiger partial charge in [0.15, 0.2) is 0 Å². The predicted molar refractivity (Wildman–Crippen MR) is 47.2 cm³/mol.